The molecular formula is C14H15NO2. The normalized spacial score (nSPS) is 14.9. The lowest BCUT2D eigenvalue weighted by Crippen LogP contribution is -2.29. The largest absolute Gasteiger partial charge is 0.301 e. The van der Waals surface area contributed by atoms with Crippen molar-refractivity contribution in [3.8, 4) is 0 Å². The van der Waals surface area contributed by atoms with Gasteiger partial charge in [-0.1, -0.05) is 18.2 Å². The van der Waals surface area contributed by atoms with E-state index in [0.29, 0.717) is 12.1 Å². The Hall–Kier alpha value is -1.90. The number of carbonyl (C=O) groups excluding carboxylic acids is 2. The van der Waals surface area contributed by atoms with Crippen molar-refractivity contribution in [2.75, 3.05) is 11.4 Å². The molecule has 0 spiro atoms. The predicted octanol–water partition coefficient (Wildman–Crippen LogP) is 2.41. The molecule has 1 amide bonds. The highest BCUT2D eigenvalue weighted by molar-refractivity contribution is 6.52. The van der Waals surface area contributed by atoms with Crippen molar-refractivity contribution < 1.29 is 9.59 Å². The average molecular weight is 229 g/mol. The lowest BCUT2D eigenvalue weighted by Gasteiger charge is -2.14. The Morgan fingerprint density at radius 3 is 2.59 bits per heavy atom. The topological polar surface area (TPSA) is 37.4 Å². The molecule has 1 aromatic rings. The fourth-order valence-corrected chi connectivity index (χ4v) is 2.18. The molecule has 0 radical (unpaired) electrons. The van der Waals surface area contributed by atoms with Gasteiger partial charge in [-0.2, -0.15) is 0 Å². The Labute approximate surface area is 101 Å². The van der Waals surface area contributed by atoms with Gasteiger partial charge in [0.2, 0.25) is 0 Å². The summed E-state index contributed by atoms with van der Waals surface area (Å²) in [5, 5.41) is 0. The summed E-state index contributed by atoms with van der Waals surface area (Å²) in [6.45, 7) is 6.19. The van der Waals surface area contributed by atoms with Gasteiger partial charge >= 0.3 is 0 Å². The summed E-state index contributed by atoms with van der Waals surface area (Å²) in [6, 6.07) is 3.83. The third-order valence-corrected chi connectivity index (χ3v) is 2.94. The van der Waals surface area contributed by atoms with E-state index in [-0.39, 0.29) is 5.78 Å². The molecule has 0 saturated carbocycles. The summed E-state index contributed by atoms with van der Waals surface area (Å²) in [7, 11) is 0. The number of anilines is 1. The lowest BCUT2D eigenvalue weighted by atomic mass is 10.0. The van der Waals surface area contributed by atoms with E-state index in [1.165, 1.54) is 4.90 Å². The first-order valence-electron chi connectivity index (χ1n) is 5.65. The van der Waals surface area contributed by atoms with Crippen LogP contribution in [0.3, 0.4) is 0 Å². The van der Waals surface area contributed by atoms with Gasteiger partial charge in [0.15, 0.2) is 0 Å². The van der Waals surface area contributed by atoms with Crippen molar-refractivity contribution in [2.45, 2.75) is 20.8 Å². The quantitative estimate of drug-likeness (QED) is 0.577. The minimum atomic E-state index is -0.424. The van der Waals surface area contributed by atoms with Gasteiger partial charge in [-0.15, -0.1) is 0 Å². The lowest BCUT2D eigenvalue weighted by molar-refractivity contribution is -0.114. The second-order valence-corrected chi connectivity index (χ2v) is 4.29. The molecule has 88 valence electrons. The van der Waals surface area contributed by atoms with E-state index in [0.717, 1.165) is 16.8 Å². The molecule has 0 unspecified atom stereocenters. The maximum atomic E-state index is 11.9. The molecule has 0 aromatic heterocycles. The fourth-order valence-electron chi connectivity index (χ4n) is 2.18. The number of Topliss-reactive ketones (excluding diaryl/α,β-unsaturated/α-hetero) is 1. The van der Waals surface area contributed by atoms with Gasteiger partial charge in [-0.05, 0) is 38.0 Å². The van der Waals surface area contributed by atoms with E-state index in [1.54, 1.807) is 0 Å². The van der Waals surface area contributed by atoms with Crippen LogP contribution < -0.4 is 4.90 Å². The summed E-state index contributed by atoms with van der Waals surface area (Å²) >= 11 is 0. The van der Waals surface area contributed by atoms with Gasteiger partial charge in [0.25, 0.3) is 11.7 Å². The molecule has 0 saturated heterocycles. The van der Waals surface area contributed by atoms with E-state index in [2.05, 4.69) is 0 Å². The van der Waals surface area contributed by atoms with Crippen LogP contribution in [0, 0.1) is 13.8 Å². The second kappa shape index (κ2) is 4.17. The summed E-state index contributed by atoms with van der Waals surface area (Å²) in [5.74, 6) is -0.811. The van der Waals surface area contributed by atoms with E-state index in [9.17, 15) is 9.59 Å². The molecule has 17 heavy (non-hydrogen) atoms. The summed E-state index contributed by atoms with van der Waals surface area (Å²) in [4.78, 5) is 25.3. The van der Waals surface area contributed by atoms with Gasteiger partial charge in [0.05, 0.1) is 11.3 Å². The van der Waals surface area contributed by atoms with Crippen LogP contribution in [0.2, 0.25) is 0 Å². The molecule has 1 aliphatic rings. The summed E-state index contributed by atoms with van der Waals surface area (Å²) in [5.41, 5.74) is 3.25. The number of aryl methyl sites for hydroxylation is 2. The molecule has 0 atom stereocenters. The Balaban J connectivity index is 2.55. The minimum Gasteiger partial charge on any atom is -0.301 e. The van der Waals surface area contributed by atoms with Crippen LogP contribution in [0.15, 0.2) is 24.3 Å². The molecule has 0 fully saturated rings. The van der Waals surface area contributed by atoms with Crippen molar-refractivity contribution in [3.63, 3.8) is 0 Å². The van der Waals surface area contributed by atoms with Crippen LogP contribution in [0.25, 0.3) is 0 Å². The van der Waals surface area contributed by atoms with Gasteiger partial charge < -0.3 is 4.90 Å². The molecule has 3 heteroatoms. The minimum absolute atomic E-state index is 0.387. The van der Waals surface area contributed by atoms with Crippen LogP contribution in [0.5, 0.6) is 0 Å². The molecule has 1 aliphatic heterocycles. The fraction of sp³-hybridized carbons (Fsp3) is 0.286. The smallest absolute Gasteiger partial charge is 0.299 e. The monoisotopic (exact) mass is 229 g/mol. The molecule has 1 heterocycles. The van der Waals surface area contributed by atoms with Gasteiger partial charge in [0, 0.05) is 6.54 Å². The number of carbonyl (C=O) groups is 2. The standard InChI is InChI=1S/C14H15NO2/c1-4-5-6-15-11-8-9(2)7-10(3)12(11)13(16)14(15)17/h4-5,7-8H,6H2,1-3H3/b5-4+. The maximum Gasteiger partial charge on any atom is 0.299 e. The van der Waals surface area contributed by atoms with Crippen LogP contribution in [-0.2, 0) is 4.79 Å². The van der Waals surface area contributed by atoms with Gasteiger partial charge in [-0.25, -0.2) is 0 Å². The van der Waals surface area contributed by atoms with E-state index in [4.69, 9.17) is 0 Å². The number of ketones is 1. The highest BCUT2D eigenvalue weighted by Gasteiger charge is 2.36. The zero-order valence-electron chi connectivity index (χ0n) is 10.3. The van der Waals surface area contributed by atoms with Crippen molar-refractivity contribution in [1.82, 2.24) is 0 Å². The van der Waals surface area contributed by atoms with Crippen molar-refractivity contribution >= 4 is 17.4 Å². The summed E-state index contributed by atoms with van der Waals surface area (Å²) < 4.78 is 0. The Morgan fingerprint density at radius 2 is 1.94 bits per heavy atom. The SMILES string of the molecule is C/C=C/CN1C(=O)C(=O)c2c(C)cc(C)cc21. The van der Waals surface area contributed by atoms with Crippen molar-refractivity contribution in [1.29, 1.82) is 0 Å². The average Bonchev–Trinajstić information content (AvgIpc) is 2.49. The third-order valence-electron chi connectivity index (χ3n) is 2.94. The molecule has 3 nitrogen and oxygen atoms in total. The van der Waals surface area contributed by atoms with Crippen molar-refractivity contribution in [2.24, 2.45) is 0 Å². The van der Waals surface area contributed by atoms with E-state index >= 15 is 0 Å². The third kappa shape index (κ3) is 1.78. The Bertz CT molecular complexity index is 529. The molecule has 2 rings (SSSR count). The van der Waals surface area contributed by atoms with E-state index in [1.807, 2.05) is 45.1 Å². The highest BCUT2D eigenvalue weighted by Crippen LogP contribution is 2.32. The molecule has 0 aliphatic carbocycles. The van der Waals surface area contributed by atoms with Crippen LogP contribution in [0.4, 0.5) is 5.69 Å². The Morgan fingerprint density at radius 1 is 1.24 bits per heavy atom. The molecule has 0 bridgehead atoms. The zero-order valence-corrected chi connectivity index (χ0v) is 10.3. The predicted molar refractivity (Wildman–Crippen MR) is 67.4 cm³/mol. The van der Waals surface area contributed by atoms with Crippen molar-refractivity contribution in [3.05, 3.63) is 41.0 Å². The van der Waals surface area contributed by atoms with Gasteiger partial charge in [-0.3, -0.25) is 9.59 Å². The van der Waals surface area contributed by atoms with E-state index < -0.39 is 5.91 Å². The number of rotatable bonds is 2. The number of amides is 1. The highest BCUT2D eigenvalue weighted by atomic mass is 16.2. The van der Waals surface area contributed by atoms with Gasteiger partial charge in [0.1, 0.15) is 0 Å². The Kier molecular flexibility index (Phi) is 2.84. The summed E-state index contributed by atoms with van der Waals surface area (Å²) in [6.07, 6.45) is 3.75. The zero-order chi connectivity index (χ0) is 12.6. The van der Waals surface area contributed by atoms with Crippen LogP contribution in [-0.4, -0.2) is 18.2 Å². The first kappa shape index (κ1) is 11.6. The number of benzene rings is 1. The molecule has 1 aromatic carbocycles. The maximum absolute atomic E-state index is 11.9. The first-order chi connectivity index (χ1) is 8.06. The molecular weight excluding hydrogens is 214 g/mol. The second-order valence-electron chi connectivity index (χ2n) is 4.29. The first-order valence-corrected chi connectivity index (χ1v) is 5.65. The number of fused-ring (bicyclic) bond motifs is 1. The van der Waals surface area contributed by atoms with Crippen LogP contribution in [0.1, 0.15) is 28.4 Å². The molecule has 0 N–H and O–H groups in total. The van der Waals surface area contributed by atoms with Crippen LogP contribution >= 0.6 is 0 Å². The number of nitrogens with zero attached hydrogens (tertiary/aromatic N) is 1. The number of hydrogen-bond acceptors (Lipinski definition) is 2. The number of hydrogen-bond donors (Lipinski definition) is 0. The number of allylic oxidation sites excluding steroid dienone is 1.